The van der Waals surface area contributed by atoms with E-state index in [0.717, 1.165) is 10.4 Å². The molecule has 0 bridgehead atoms. The van der Waals surface area contributed by atoms with Gasteiger partial charge in [0, 0.05) is 0 Å². The molecular formula is C18H28O4Si4. The highest BCUT2D eigenvalue weighted by Crippen LogP contribution is 2.30. The maximum atomic E-state index is 6.93. The fourth-order valence-corrected chi connectivity index (χ4v) is 24.6. The van der Waals surface area contributed by atoms with E-state index in [2.05, 4.69) is 63.5 Å². The van der Waals surface area contributed by atoms with Gasteiger partial charge in [0.2, 0.25) is 0 Å². The van der Waals surface area contributed by atoms with Crippen molar-refractivity contribution in [2.75, 3.05) is 0 Å². The van der Waals surface area contributed by atoms with E-state index in [1.807, 2.05) is 36.4 Å². The van der Waals surface area contributed by atoms with Crippen molar-refractivity contribution in [2.24, 2.45) is 0 Å². The van der Waals surface area contributed by atoms with Gasteiger partial charge in [-0.15, -0.1) is 0 Å². The van der Waals surface area contributed by atoms with Crippen LogP contribution < -0.4 is 10.4 Å². The van der Waals surface area contributed by atoms with Gasteiger partial charge in [0.25, 0.3) is 0 Å². The maximum absolute atomic E-state index is 6.93. The Bertz CT molecular complexity index is 693. The van der Waals surface area contributed by atoms with Crippen LogP contribution in [-0.4, -0.2) is 34.2 Å². The zero-order valence-corrected chi connectivity index (χ0v) is 20.4. The van der Waals surface area contributed by atoms with E-state index in [4.69, 9.17) is 16.5 Å². The average Bonchev–Trinajstić information content (AvgIpc) is 2.53. The second-order valence-corrected chi connectivity index (χ2v) is 21.6. The molecule has 0 aromatic heterocycles. The highest BCUT2D eigenvalue weighted by Gasteiger charge is 2.55. The van der Waals surface area contributed by atoms with Gasteiger partial charge in [0.15, 0.2) is 0 Å². The summed E-state index contributed by atoms with van der Waals surface area (Å²) in [6.45, 7) is 12.6. The first-order chi connectivity index (χ1) is 12.0. The second kappa shape index (κ2) is 6.95. The minimum absolute atomic E-state index is 1.11. The molecule has 0 amide bonds. The van der Waals surface area contributed by atoms with Gasteiger partial charge in [0.1, 0.15) is 0 Å². The summed E-state index contributed by atoms with van der Waals surface area (Å²) in [4.78, 5) is 0. The van der Waals surface area contributed by atoms with E-state index >= 15 is 0 Å². The highest BCUT2D eigenvalue weighted by molar-refractivity contribution is 7.00. The molecule has 2 unspecified atom stereocenters. The molecule has 1 fully saturated rings. The van der Waals surface area contributed by atoms with Crippen LogP contribution in [0.1, 0.15) is 0 Å². The predicted octanol–water partition coefficient (Wildman–Crippen LogP) is 3.43. The fourth-order valence-electron chi connectivity index (χ4n) is 3.70. The van der Waals surface area contributed by atoms with E-state index < -0.39 is 34.2 Å². The van der Waals surface area contributed by atoms with Crippen molar-refractivity contribution in [2.45, 2.75) is 39.3 Å². The van der Waals surface area contributed by atoms with Crippen LogP contribution in [0.2, 0.25) is 39.3 Å². The van der Waals surface area contributed by atoms with Gasteiger partial charge in [-0.05, 0) is 49.7 Å². The van der Waals surface area contributed by atoms with Gasteiger partial charge in [-0.1, -0.05) is 60.7 Å². The predicted molar refractivity (Wildman–Crippen MR) is 115 cm³/mol. The first-order valence-electron chi connectivity index (χ1n) is 8.95. The third-order valence-electron chi connectivity index (χ3n) is 4.36. The van der Waals surface area contributed by atoms with Crippen molar-refractivity contribution in [3.05, 3.63) is 60.7 Å². The molecule has 140 valence electrons. The minimum Gasteiger partial charge on any atom is -0.416 e. The Labute approximate surface area is 161 Å². The largest absolute Gasteiger partial charge is 0.416 e. The molecule has 0 N–H and O–H groups in total. The Kier molecular flexibility index (Phi) is 5.32. The molecule has 1 heterocycles. The first kappa shape index (κ1) is 19.9. The van der Waals surface area contributed by atoms with Gasteiger partial charge in [0.05, 0.1) is 0 Å². The van der Waals surface area contributed by atoms with Crippen molar-refractivity contribution in [3.8, 4) is 0 Å². The van der Waals surface area contributed by atoms with Crippen molar-refractivity contribution < 1.29 is 16.5 Å². The van der Waals surface area contributed by atoms with Crippen molar-refractivity contribution in [1.29, 1.82) is 0 Å². The zero-order valence-electron chi connectivity index (χ0n) is 16.4. The van der Waals surface area contributed by atoms with Crippen molar-refractivity contribution >= 4 is 44.6 Å². The lowest BCUT2D eigenvalue weighted by atomic mass is 10.4. The summed E-state index contributed by atoms with van der Waals surface area (Å²) in [6.07, 6.45) is 0. The lowest BCUT2D eigenvalue weighted by Gasteiger charge is -2.48. The third kappa shape index (κ3) is 4.34. The fraction of sp³-hybridized carbons (Fsp3) is 0.333. The molecule has 26 heavy (non-hydrogen) atoms. The smallest absolute Gasteiger partial charge is 0.351 e. The Morgan fingerprint density at radius 2 is 0.808 bits per heavy atom. The molecule has 2 atom stereocenters. The molecule has 0 saturated carbocycles. The Morgan fingerprint density at radius 1 is 0.462 bits per heavy atom. The number of hydrogen-bond acceptors (Lipinski definition) is 4. The van der Waals surface area contributed by atoms with E-state index in [1.165, 1.54) is 0 Å². The highest BCUT2D eigenvalue weighted by atomic mass is 28.5. The molecular weight excluding hydrogens is 393 g/mol. The molecule has 0 radical (unpaired) electrons. The normalized spacial score (nSPS) is 31.0. The van der Waals surface area contributed by atoms with Gasteiger partial charge >= 0.3 is 34.2 Å². The Morgan fingerprint density at radius 3 is 1.15 bits per heavy atom. The molecule has 3 rings (SSSR count). The van der Waals surface area contributed by atoms with Gasteiger partial charge in [-0.25, -0.2) is 0 Å². The minimum atomic E-state index is -2.72. The van der Waals surface area contributed by atoms with Crippen LogP contribution in [0.15, 0.2) is 60.7 Å². The van der Waals surface area contributed by atoms with E-state index in [1.54, 1.807) is 0 Å². The second-order valence-electron chi connectivity index (χ2n) is 7.83. The Balaban J connectivity index is 2.11. The number of hydrogen-bond donors (Lipinski definition) is 0. The van der Waals surface area contributed by atoms with Crippen LogP contribution in [0.5, 0.6) is 0 Å². The standard InChI is InChI=1S/C18H28O4Si4/c1-23(2)19-24(3,4)21-26(6,18-15-11-8-12-16-18)22-25(5,20-23)17-13-9-7-10-14-17/h7-16H,1-6H3. The first-order valence-corrected chi connectivity index (χ1v) is 19.2. The zero-order chi connectivity index (χ0) is 19.1. The van der Waals surface area contributed by atoms with Crippen LogP contribution in [0.25, 0.3) is 0 Å². The summed E-state index contributed by atoms with van der Waals surface area (Å²) in [5.74, 6) is 0. The molecule has 1 aliphatic rings. The summed E-state index contributed by atoms with van der Waals surface area (Å²) in [7, 11) is -10.2. The van der Waals surface area contributed by atoms with Gasteiger partial charge < -0.3 is 16.5 Å². The molecule has 2 aromatic carbocycles. The molecule has 1 aliphatic heterocycles. The van der Waals surface area contributed by atoms with E-state index in [-0.39, 0.29) is 0 Å². The summed E-state index contributed by atoms with van der Waals surface area (Å²) >= 11 is 0. The third-order valence-corrected chi connectivity index (χ3v) is 21.2. The van der Waals surface area contributed by atoms with Gasteiger partial charge in [-0.2, -0.15) is 0 Å². The van der Waals surface area contributed by atoms with Crippen LogP contribution in [0, 0.1) is 0 Å². The van der Waals surface area contributed by atoms with Crippen LogP contribution in [-0.2, 0) is 16.5 Å². The molecule has 8 heteroatoms. The molecule has 0 aliphatic carbocycles. The van der Waals surface area contributed by atoms with Gasteiger partial charge in [-0.3, -0.25) is 0 Å². The molecule has 4 nitrogen and oxygen atoms in total. The average molecular weight is 421 g/mol. The topological polar surface area (TPSA) is 36.9 Å². The quantitative estimate of drug-likeness (QED) is 0.698. The van der Waals surface area contributed by atoms with Crippen molar-refractivity contribution in [3.63, 3.8) is 0 Å². The van der Waals surface area contributed by atoms with Crippen LogP contribution in [0.3, 0.4) is 0 Å². The summed E-state index contributed by atoms with van der Waals surface area (Å²) in [5.41, 5.74) is 0. The number of rotatable bonds is 2. The summed E-state index contributed by atoms with van der Waals surface area (Å²) in [5, 5.41) is 2.23. The SMILES string of the molecule is C[Si]1(C)O[Si](C)(C)O[Si](C)(c2ccccc2)O[Si](C)(c2ccccc2)O1. The lowest BCUT2D eigenvalue weighted by molar-refractivity contribution is 0.246. The molecule has 2 aromatic rings. The maximum Gasteiger partial charge on any atom is 0.351 e. The van der Waals surface area contributed by atoms with Crippen LogP contribution >= 0.6 is 0 Å². The monoisotopic (exact) mass is 420 g/mol. The van der Waals surface area contributed by atoms with Crippen LogP contribution in [0.4, 0.5) is 0 Å². The number of benzene rings is 2. The van der Waals surface area contributed by atoms with Crippen molar-refractivity contribution in [1.82, 2.24) is 0 Å². The lowest BCUT2D eigenvalue weighted by Crippen LogP contribution is -2.72. The summed E-state index contributed by atoms with van der Waals surface area (Å²) < 4.78 is 26.9. The molecule has 0 spiro atoms. The van der Waals surface area contributed by atoms with E-state index in [0.29, 0.717) is 0 Å². The molecule has 1 saturated heterocycles. The van der Waals surface area contributed by atoms with E-state index in [9.17, 15) is 0 Å². The summed E-state index contributed by atoms with van der Waals surface area (Å²) in [6, 6.07) is 20.6. The Hall–Kier alpha value is -0.852.